The maximum atomic E-state index is 4.84. The van der Waals surface area contributed by atoms with Gasteiger partial charge in [-0.2, -0.15) is 0 Å². The van der Waals surface area contributed by atoms with Gasteiger partial charge in [-0.15, -0.1) is 0 Å². The Labute approximate surface area is 262 Å². The Bertz CT molecular complexity index is 2170. The molecule has 2 aromatic carbocycles. The minimum atomic E-state index is 0.843. The number of para-hydroxylation sites is 1. The maximum absolute atomic E-state index is 4.84. The largest absolute Gasteiger partial charge is 0.339 e. The van der Waals surface area contributed by atoms with E-state index in [2.05, 4.69) is 74.5 Å². The van der Waals surface area contributed by atoms with Crippen molar-refractivity contribution in [3.8, 4) is 28.5 Å². The van der Waals surface area contributed by atoms with E-state index in [1.54, 1.807) is 0 Å². The second-order valence-electron chi connectivity index (χ2n) is 11.5. The van der Waals surface area contributed by atoms with E-state index in [1.807, 2.05) is 73.3 Å². The number of hydrogen-bond acceptors (Lipinski definition) is 5. The second-order valence-corrected chi connectivity index (χ2v) is 11.5. The lowest BCUT2D eigenvalue weighted by Crippen LogP contribution is -2.20. The molecule has 8 rings (SSSR count). The van der Waals surface area contributed by atoms with Crippen LogP contribution in [0.15, 0.2) is 128 Å². The van der Waals surface area contributed by atoms with E-state index in [4.69, 9.17) is 9.97 Å². The molecule has 218 valence electrons. The minimum Gasteiger partial charge on any atom is -0.339 e. The third-order valence-electron chi connectivity index (χ3n) is 8.74. The Kier molecular flexibility index (Phi) is 6.87. The third kappa shape index (κ3) is 4.75. The molecule has 1 aliphatic rings. The summed E-state index contributed by atoms with van der Waals surface area (Å²) in [5.74, 6) is 0. The summed E-state index contributed by atoms with van der Waals surface area (Å²) in [5, 5.41) is 2.37. The predicted molar refractivity (Wildman–Crippen MR) is 184 cm³/mol. The number of allylic oxidation sites excluding steroid dienone is 1. The number of fused-ring (bicyclic) bond motifs is 4. The molecule has 0 radical (unpaired) electrons. The van der Waals surface area contributed by atoms with Crippen LogP contribution in [-0.2, 0) is 0 Å². The number of rotatable bonds is 4. The van der Waals surface area contributed by atoms with E-state index in [1.165, 1.54) is 10.8 Å². The van der Waals surface area contributed by atoms with Crippen LogP contribution >= 0.6 is 0 Å². The highest BCUT2D eigenvalue weighted by Gasteiger charge is 2.25. The van der Waals surface area contributed by atoms with Crippen molar-refractivity contribution >= 4 is 38.8 Å². The molecule has 6 nitrogen and oxygen atoms in total. The topological polar surface area (TPSA) is 59.7 Å². The lowest BCUT2D eigenvalue weighted by atomic mass is 9.97. The summed E-state index contributed by atoms with van der Waals surface area (Å²) >= 11 is 0. The van der Waals surface area contributed by atoms with Gasteiger partial charge in [-0.05, 0) is 91.6 Å². The standard InChI is InChI=1S/C39H32N6/c1-27-13-3-2-10-24-44(34-18-11-22-42-38(34)31-15-6-8-20-40-31)36-26-30-28-14-4-5-17-33(28)45(37(30)25-29(27)36)35-19-12-23-43-39(35)32-16-7-9-21-41-32/h4-9,11-12,14-23,25-26H,1-3,10,13,24H2. The van der Waals surface area contributed by atoms with Crippen molar-refractivity contribution in [2.75, 3.05) is 11.4 Å². The first kappa shape index (κ1) is 27.0. The minimum absolute atomic E-state index is 0.843. The molecular formula is C39H32N6. The number of benzene rings is 2. The highest BCUT2D eigenvalue weighted by atomic mass is 15.1. The summed E-state index contributed by atoms with van der Waals surface area (Å²) in [6.07, 6.45) is 11.6. The van der Waals surface area contributed by atoms with Crippen molar-refractivity contribution in [2.45, 2.75) is 25.7 Å². The van der Waals surface area contributed by atoms with Gasteiger partial charge in [0.15, 0.2) is 0 Å². The van der Waals surface area contributed by atoms with Crippen LogP contribution < -0.4 is 4.90 Å². The average molecular weight is 585 g/mol. The molecule has 0 saturated heterocycles. The van der Waals surface area contributed by atoms with Gasteiger partial charge < -0.3 is 9.47 Å². The van der Waals surface area contributed by atoms with Crippen LogP contribution in [0.2, 0.25) is 0 Å². The summed E-state index contributed by atoms with van der Waals surface area (Å²) in [4.78, 5) is 21.5. The number of anilines is 2. The van der Waals surface area contributed by atoms with Gasteiger partial charge in [-0.25, -0.2) is 0 Å². The van der Waals surface area contributed by atoms with Crippen molar-refractivity contribution < 1.29 is 0 Å². The molecule has 5 aromatic heterocycles. The van der Waals surface area contributed by atoms with E-state index in [0.29, 0.717) is 0 Å². The van der Waals surface area contributed by atoms with Gasteiger partial charge in [-0.1, -0.05) is 43.3 Å². The molecule has 0 bridgehead atoms. The normalized spacial score (nSPS) is 13.8. The average Bonchev–Trinajstić information content (AvgIpc) is 3.46. The van der Waals surface area contributed by atoms with Crippen molar-refractivity contribution in [3.05, 3.63) is 134 Å². The molecule has 0 N–H and O–H groups in total. The van der Waals surface area contributed by atoms with Gasteiger partial charge in [0.1, 0.15) is 11.4 Å². The van der Waals surface area contributed by atoms with E-state index >= 15 is 0 Å². The van der Waals surface area contributed by atoms with Gasteiger partial charge in [0, 0.05) is 53.4 Å². The molecule has 0 saturated carbocycles. The molecule has 0 spiro atoms. The molecule has 7 aromatic rings. The second kappa shape index (κ2) is 11.5. The molecule has 1 aliphatic heterocycles. The Hall–Kier alpha value is -5.62. The van der Waals surface area contributed by atoms with Crippen LogP contribution in [0, 0.1) is 0 Å². The smallest absolute Gasteiger partial charge is 0.113 e. The van der Waals surface area contributed by atoms with E-state index < -0.39 is 0 Å². The van der Waals surface area contributed by atoms with E-state index in [9.17, 15) is 0 Å². The lowest BCUT2D eigenvalue weighted by molar-refractivity contribution is 0.698. The fraction of sp³-hybridized carbons (Fsp3) is 0.128. The summed E-state index contributed by atoms with van der Waals surface area (Å²) in [5.41, 5.74) is 11.2. The first-order chi connectivity index (χ1) is 22.3. The Morgan fingerprint density at radius 1 is 0.533 bits per heavy atom. The highest BCUT2D eigenvalue weighted by Crippen LogP contribution is 2.44. The van der Waals surface area contributed by atoms with E-state index in [-0.39, 0.29) is 0 Å². The van der Waals surface area contributed by atoms with Gasteiger partial charge in [0.05, 0.1) is 33.8 Å². The molecule has 6 heterocycles. The molecule has 0 atom stereocenters. The fourth-order valence-corrected chi connectivity index (χ4v) is 6.65. The van der Waals surface area contributed by atoms with Crippen LogP contribution in [-0.4, -0.2) is 31.0 Å². The van der Waals surface area contributed by atoms with Gasteiger partial charge in [-0.3, -0.25) is 19.9 Å². The quantitative estimate of drug-likeness (QED) is 0.206. The third-order valence-corrected chi connectivity index (χ3v) is 8.74. The maximum Gasteiger partial charge on any atom is 0.113 e. The molecule has 0 aliphatic carbocycles. The molecule has 0 fully saturated rings. The number of pyridine rings is 4. The van der Waals surface area contributed by atoms with Crippen molar-refractivity contribution in [2.24, 2.45) is 0 Å². The molecule has 0 amide bonds. The fourth-order valence-electron chi connectivity index (χ4n) is 6.65. The SMILES string of the molecule is C=C1CCCCCN(c2cccnc2-c2ccccn2)c2cc3c4ccccc4n(-c4cccnc4-c4ccccn4)c3cc21. The summed E-state index contributed by atoms with van der Waals surface area (Å²) in [6, 6.07) is 33.6. The molecule has 45 heavy (non-hydrogen) atoms. The van der Waals surface area contributed by atoms with Crippen LogP contribution in [0.3, 0.4) is 0 Å². The van der Waals surface area contributed by atoms with Crippen LogP contribution in [0.5, 0.6) is 0 Å². The number of hydrogen-bond donors (Lipinski definition) is 0. The molecule has 6 heteroatoms. The van der Waals surface area contributed by atoms with Crippen molar-refractivity contribution in [1.29, 1.82) is 0 Å². The monoisotopic (exact) mass is 584 g/mol. The van der Waals surface area contributed by atoms with Gasteiger partial charge >= 0.3 is 0 Å². The summed E-state index contributed by atoms with van der Waals surface area (Å²) < 4.78 is 2.34. The summed E-state index contributed by atoms with van der Waals surface area (Å²) in [6.45, 7) is 5.53. The zero-order valence-corrected chi connectivity index (χ0v) is 25.0. The Balaban J connectivity index is 1.42. The van der Waals surface area contributed by atoms with Gasteiger partial charge in [0.2, 0.25) is 0 Å². The lowest BCUT2D eigenvalue weighted by Gasteiger charge is -2.29. The molecular weight excluding hydrogens is 552 g/mol. The van der Waals surface area contributed by atoms with E-state index in [0.717, 1.165) is 94.2 Å². The van der Waals surface area contributed by atoms with Crippen LogP contribution in [0.4, 0.5) is 11.4 Å². The first-order valence-corrected chi connectivity index (χ1v) is 15.5. The molecule has 0 unspecified atom stereocenters. The van der Waals surface area contributed by atoms with Crippen molar-refractivity contribution in [3.63, 3.8) is 0 Å². The predicted octanol–water partition coefficient (Wildman–Crippen LogP) is 9.42. The first-order valence-electron chi connectivity index (χ1n) is 15.5. The zero-order valence-electron chi connectivity index (χ0n) is 25.0. The Morgan fingerprint density at radius 3 is 1.93 bits per heavy atom. The van der Waals surface area contributed by atoms with Crippen LogP contribution in [0.25, 0.3) is 55.8 Å². The zero-order chi connectivity index (χ0) is 30.2. The summed E-state index contributed by atoms with van der Waals surface area (Å²) in [7, 11) is 0. The highest BCUT2D eigenvalue weighted by molar-refractivity contribution is 6.12. The number of nitrogens with zero attached hydrogens (tertiary/aromatic N) is 6. The van der Waals surface area contributed by atoms with Gasteiger partial charge in [0.25, 0.3) is 0 Å². The Morgan fingerprint density at radius 2 is 1.20 bits per heavy atom. The van der Waals surface area contributed by atoms with Crippen molar-refractivity contribution in [1.82, 2.24) is 24.5 Å². The number of aromatic nitrogens is 5. The van der Waals surface area contributed by atoms with Crippen LogP contribution in [0.1, 0.15) is 31.2 Å².